The van der Waals surface area contributed by atoms with Crippen molar-refractivity contribution in [3.05, 3.63) is 34.2 Å². The van der Waals surface area contributed by atoms with Crippen LogP contribution in [0.15, 0.2) is 27.4 Å². The van der Waals surface area contributed by atoms with E-state index < -0.39 is 5.63 Å². The zero-order valence-electron chi connectivity index (χ0n) is 7.82. The van der Waals surface area contributed by atoms with Crippen LogP contribution in [0.3, 0.4) is 0 Å². The molecule has 0 atom stereocenters. The molecule has 4 heteroatoms. The van der Waals surface area contributed by atoms with Crippen molar-refractivity contribution in [1.82, 2.24) is 0 Å². The first-order valence-electron chi connectivity index (χ1n) is 4.67. The molecule has 1 aliphatic heterocycles. The first kappa shape index (κ1) is 8.35. The maximum Gasteiger partial charge on any atom is 0.336 e. The second-order valence-corrected chi connectivity index (χ2v) is 3.48. The SMILES string of the molecule is O=c1ccc2cc3c(c(O)c2o1)OCC3. The summed E-state index contributed by atoms with van der Waals surface area (Å²) in [5.74, 6) is 0.370. The molecule has 2 aromatic rings. The fourth-order valence-electron chi connectivity index (χ4n) is 1.84. The predicted octanol–water partition coefficient (Wildman–Crippen LogP) is 1.43. The Bertz CT molecular complexity index is 597. The standard InChI is InChI=1S/C11H8O4/c12-8-2-1-6-5-7-3-4-14-10(7)9(13)11(6)15-8/h1-2,5,13H,3-4H2. The van der Waals surface area contributed by atoms with Crippen molar-refractivity contribution in [2.24, 2.45) is 0 Å². The summed E-state index contributed by atoms with van der Waals surface area (Å²) >= 11 is 0. The molecule has 3 rings (SSSR count). The lowest BCUT2D eigenvalue weighted by atomic mass is 10.1. The van der Waals surface area contributed by atoms with E-state index in [2.05, 4.69) is 0 Å². The quantitative estimate of drug-likeness (QED) is 0.659. The first-order chi connectivity index (χ1) is 7.25. The number of phenolic OH excluding ortho intramolecular Hbond substituents is 1. The van der Waals surface area contributed by atoms with E-state index in [1.807, 2.05) is 6.07 Å². The Morgan fingerprint density at radius 1 is 1.33 bits per heavy atom. The van der Waals surface area contributed by atoms with Crippen molar-refractivity contribution in [2.45, 2.75) is 6.42 Å². The van der Waals surface area contributed by atoms with Crippen molar-refractivity contribution in [3.8, 4) is 11.5 Å². The molecule has 15 heavy (non-hydrogen) atoms. The summed E-state index contributed by atoms with van der Waals surface area (Å²) in [6.07, 6.45) is 0.776. The minimum absolute atomic E-state index is 0.0716. The molecule has 1 aromatic heterocycles. The zero-order chi connectivity index (χ0) is 10.4. The number of fused-ring (bicyclic) bond motifs is 2. The van der Waals surface area contributed by atoms with Gasteiger partial charge in [0.1, 0.15) is 0 Å². The average Bonchev–Trinajstić information content (AvgIpc) is 2.68. The van der Waals surface area contributed by atoms with Gasteiger partial charge in [0, 0.05) is 23.4 Å². The Balaban J connectivity index is 2.46. The number of aromatic hydroxyl groups is 1. The Morgan fingerprint density at radius 3 is 3.07 bits per heavy atom. The number of hydrogen-bond acceptors (Lipinski definition) is 4. The third kappa shape index (κ3) is 1.11. The van der Waals surface area contributed by atoms with Gasteiger partial charge < -0.3 is 14.3 Å². The summed E-state index contributed by atoms with van der Waals surface area (Å²) in [7, 11) is 0. The van der Waals surface area contributed by atoms with Gasteiger partial charge in [-0.3, -0.25) is 0 Å². The van der Waals surface area contributed by atoms with Crippen LogP contribution in [0.5, 0.6) is 11.5 Å². The maximum atomic E-state index is 11.0. The van der Waals surface area contributed by atoms with Crippen LogP contribution in [-0.4, -0.2) is 11.7 Å². The first-order valence-corrected chi connectivity index (χ1v) is 4.67. The van der Waals surface area contributed by atoms with Crippen LogP contribution in [-0.2, 0) is 6.42 Å². The van der Waals surface area contributed by atoms with Gasteiger partial charge in [-0.05, 0) is 12.1 Å². The Morgan fingerprint density at radius 2 is 2.20 bits per heavy atom. The summed E-state index contributed by atoms with van der Waals surface area (Å²) in [6.45, 7) is 0.559. The van der Waals surface area contributed by atoms with Gasteiger partial charge in [0.2, 0.25) is 5.75 Å². The number of hydrogen-bond donors (Lipinski definition) is 1. The minimum Gasteiger partial charge on any atom is -0.502 e. The molecule has 0 fully saturated rings. The second-order valence-electron chi connectivity index (χ2n) is 3.48. The van der Waals surface area contributed by atoms with E-state index in [1.165, 1.54) is 6.07 Å². The molecule has 0 radical (unpaired) electrons. The number of phenols is 1. The summed E-state index contributed by atoms with van der Waals surface area (Å²) in [6, 6.07) is 4.85. The van der Waals surface area contributed by atoms with Crippen LogP contribution >= 0.6 is 0 Å². The van der Waals surface area contributed by atoms with Gasteiger partial charge in [0.05, 0.1) is 6.61 Å². The molecule has 4 nitrogen and oxygen atoms in total. The molecular formula is C11H8O4. The highest BCUT2D eigenvalue weighted by Gasteiger charge is 2.20. The smallest absolute Gasteiger partial charge is 0.336 e. The van der Waals surface area contributed by atoms with E-state index in [9.17, 15) is 9.90 Å². The molecule has 1 aromatic carbocycles. The Labute approximate surface area is 84.7 Å². The molecule has 0 amide bonds. The molecule has 2 heterocycles. The largest absolute Gasteiger partial charge is 0.502 e. The lowest BCUT2D eigenvalue weighted by Crippen LogP contribution is -1.95. The molecule has 0 aliphatic carbocycles. The van der Waals surface area contributed by atoms with Crippen molar-refractivity contribution in [3.63, 3.8) is 0 Å². The topological polar surface area (TPSA) is 59.7 Å². The highest BCUT2D eigenvalue weighted by molar-refractivity contribution is 5.86. The normalized spacial score (nSPS) is 13.9. The van der Waals surface area contributed by atoms with Gasteiger partial charge in [-0.25, -0.2) is 4.79 Å². The Hall–Kier alpha value is -1.97. The van der Waals surface area contributed by atoms with E-state index in [0.717, 1.165) is 17.4 Å². The van der Waals surface area contributed by atoms with E-state index in [0.29, 0.717) is 12.4 Å². The molecule has 76 valence electrons. The van der Waals surface area contributed by atoms with Crippen molar-refractivity contribution in [2.75, 3.05) is 6.61 Å². The van der Waals surface area contributed by atoms with Gasteiger partial charge >= 0.3 is 5.63 Å². The van der Waals surface area contributed by atoms with Crippen LogP contribution < -0.4 is 10.4 Å². The number of ether oxygens (including phenoxy) is 1. The predicted molar refractivity (Wildman–Crippen MR) is 53.3 cm³/mol. The van der Waals surface area contributed by atoms with Crippen LogP contribution in [0.4, 0.5) is 0 Å². The molecule has 0 saturated carbocycles. The molecule has 0 saturated heterocycles. The minimum atomic E-state index is -0.476. The lowest BCUT2D eigenvalue weighted by molar-refractivity contribution is 0.333. The fourth-order valence-corrected chi connectivity index (χ4v) is 1.84. The van der Waals surface area contributed by atoms with Crippen LogP contribution in [0.2, 0.25) is 0 Å². The third-order valence-electron chi connectivity index (χ3n) is 2.53. The molecular weight excluding hydrogens is 196 g/mol. The molecule has 0 unspecified atom stereocenters. The molecule has 1 N–H and O–H groups in total. The third-order valence-corrected chi connectivity index (χ3v) is 2.53. The number of rotatable bonds is 0. The van der Waals surface area contributed by atoms with Crippen molar-refractivity contribution >= 4 is 11.0 Å². The summed E-state index contributed by atoms with van der Waals surface area (Å²) < 4.78 is 10.2. The van der Waals surface area contributed by atoms with Crippen molar-refractivity contribution < 1.29 is 14.3 Å². The molecule has 0 spiro atoms. The summed E-state index contributed by atoms with van der Waals surface area (Å²) in [5.41, 5.74) is 0.674. The monoisotopic (exact) mass is 204 g/mol. The van der Waals surface area contributed by atoms with Gasteiger partial charge in [-0.15, -0.1) is 0 Å². The molecule has 1 aliphatic rings. The summed E-state index contributed by atoms with van der Waals surface area (Å²) in [5, 5.41) is 10.6. The van der Waals surface area contributed by atoms with Gasteiger partial charge in [0.15, 0.2) is 11.3 Å². The Kier molecular flexibility index (Phi) is 1.54. The van der Waals surface area contributed by atoms with E-state index in [4.69, 9.17) is 9.15 Å². The maximum absolute atomic E-state index is 11.0. The van der Waals surface area contributed by atoms with Crippen molar-refractivity contribution in [1.29, 1.82) is 0 Å². The van der Waals surface area contributed by atoms with Crippen LogP contribution in [0.25, 0.3) is 11.0 Å². The van der Waals surface area contributed by atoms with E-state index in [-0.39, 0.29) is 11.3 Å². The van der Waals surface area contributed by atoms with Gasteiger partial charge in [-0.1, -0.05) is 0 Å². The summed E-state index contributed by atoms with van der Waals surface area (Å²) in [4.78, 5) is 11.0. The highest BCUT2D eigenvalue weighted by atomic mass is 16.5. The average molecular weight is 204 g/mol. The highest BCUT2D eigenvalue weighted by Crippen LogP contribution is 2.40. The van der Waals surface area contributed by atoms with E-state index >= 15 is 0 Å². The lowest BCUT2D eigenvalue weighted by Gasteiger charge is -2.04. The van der Waals surface area contributed by atoms with E-state index in [1.54, 1.807) is 6.07 Å². The fraction of sp³-hybridized carbons (Fsp3) is 0.182. The molecule has 0 bridgehead atoms. The van der Waals surface area contributed by atoms with Crippen LogP contribution in [0, 0.1) is 0 Å². The number of benzene rings is 1. The van der Waals surface area contributed by atoms with Gasteiger partial charge in [-0.2, -0.15) is 0 Å². The van der Waals surface area contributed by atoms with Gasteiger partial charge in [0.25, 0.3) is 0 Å². The zero-order valence-corrected chi connectivity index (χ0v) is 7.82. The van der Waals surface area contributed by atoms with Crippen LogP contribution in [0.1, 0.15) is 5.56 Å². The second kappa shape index (κ2) is 2.76.